The third-order valence-electron chi connectivity index (χ3n) is 8.40. The van der Waals surface area contributed by atoms with Crippen molar-refractivity contribution in [3.8, 4) is 22.3 Å². The molecule has 4 heterocycles. The Labute approximate surface area is 203 Å². The van der Waals surface area contributed by atoms with Crippen LogP contribution in [-0.4, -0.2) is 9.97 Å². The Morgan fingerprint density at radius 2 is 1.29 bits per heavy atom. The van der Waals surface area contributed by atoms with Gasteiger partial charge in [-0.2, -0.15) is 0 Å². The summed E-state index contributed by atoms with van der Waals surface area (Å²) in [6.45, 7) is 0. The Bertz CT molecular complexity index is 1760. The fourth-order valence-corrected chi connectivity index (χ4v) is 6.87. The van der Waals surface area contributed by atoms with Crippen LogP contribution in [0.2, 0.25) is 0 Å². The zero-order chi connectivity index (χ0) is 22.7. The average Bonchev–Trinajstić information content (AvgIpc) is 3.43. The first kappa shape index (κ1) is 18.1. The van der Waals surface area contributed by atoms with Crippen molar-refractivity contribution in [1.29, 1.82) is 0 Å². The summed E-state index contributed by atoms with van der Waals surface area (Å²) < 4.78 is 0. The Kier molecular flexibility index (Phi) is 3.24. The minimum absolute atomic E-state index is 0.849. The van der Waals surface area contributed by atoms with Gasteiger partial charge in [-0.15, -0.1) is 0 Å². The van der Waals surface area contributed by atoms with Crippen LogP contribution in [0.4, 0.5) is 17.1 Å². The van der Waals surface area contributed by atoms with Crippen molar-refractivity contribution in [2.45, 2.75) is 25.7 Å². The van der Waals surface area contributed by atoms with Crippen LogP contribution >= 0.6 is 0 Å². The summed E-state index contributed by atoms with van der Waals surface area (Å²) in [6, 6.07) is 23.1. The van der Waals surface area contributed by atoms with E-state index in [2.05, 4.69) is 70.5 Å². The highest BCUT2D eigenvalue weighted by Crippen LogP contribution is 2.52. The van der Waals surface area contributed by atoms with Crippen LogP contribution in [0.1, 0.15) is 44.6 Å². The molecule has 3 nitrogen and oxygen atoms in total. The first-order chi connectivity index (χ1) is 17.3. The van der Waals surface area contributed by atoms with Gasteiger partial charge >= 0.3 is 0 Å². The molecule has 0 atom stereocenters. The van der Waals surface area contributed by atoms with Crippen molar-refractivity contribution in [3.63, 3.8) is 0 Å². The molecule has 9 rings (SSSR count). The molecule has 0 radical (unpaired) electrons. The van der Waals surface area contributed by atoms with Crippen molar-refractivity contribution in [2.24, 2.45) is 0 Å². The lowest BCUT2D eigenvalue weighted by molar-refractivity contribution is 0.951. The van der Waals surface area contributed by atoms with Crippen molar-refractivity contribution >= 4 is 17.1 Å². The molecule has 3 heteroatoms. The van der Waals surface area contributed by atoms with E-state index in [0.29, 0.717) is 0 Å². The number of rotatable bonds is 0. The summed E-state index contributed by atoms with van der Waals surface area (Å²) in [4.78, 5) is 11.6. The Morgan fingerprint density at radius 3 is 2.20 bits per heavy atom. The monoisotopic (exact) mass is 447 g/mol. The van der Waals surface area contributed by atoms with E-state index in [1.165, 1.54) is 78.3 Å². The van der Waals surface area contributed by atoms with E-state index in [1.54, 1.807) is 0 Å². The third kappa shape index (κ3) is 2.30. The second-order valence-electron chi connectivity index (χ2n) is 10.3. The number of aromatic nitrogens is 2. The normalized spacial score (nSPS) is 14.9. The molecule has 0 bridgehead atoms. The van der Waals surface area contributed by atoms with Gasteiger partial charge in [-0.25, -0.2) is 0 Å². The molecule has 2 aliphatic carbocycles. The van der Waals surface area contributed by atoms with Gasteiger partial charge < -0.3 is 4.90 Å². The molecule has 164 valence electrons. The Hall–Kier alpha value is -4.24. The summed E-state index contributed by atoms with van der Waals surface area (Å²) in [6.07, 6.45) is 9.73. The molecule has 2 aromatic heterocycles. The number of fused-ring (bicyclic) bond motifs is 10. The van der Waals surface area contributed by atoms with Gasteiger partial charge in [-0.3, -0.25) is 9.97 Å². The minimum atomic E-state index is 0.849. The van der Waals surface area contributed by atoms with Crippen LogP contribution in [0.3, 0.4) is 0 Å². The summed E-state index contributed by atoms with van der Waals surface area (Å²) in [5, 5.41) is 0. The topological polar surface area (TPSA) is 29.0 Å². The molecule has 0 saturated heterocycles. The summed E-state index contributed by atoms with van der Waals surface area (Å²) in [5.41, 5.74) is 20.5. The maximum absolute atomic E-state index is 4.77. The van der Waals surface area contributed by atoms with E-state index >= 15 is 0 Å². The van der Waals surface area contributed by atoms with E-state index in [1.807, 2.05) is 18.6 Å². The van der Waals surface area contributed by atoms with Crippen LogP contribution in [0.15, 0.2) is 79.3 Å². The molecule has 3 aromatic carbocycles. The predicted octanol–water partition coefficient (Wildman–Crippen LogP) is 6.90. The fourth-order valence-electron chi connectivity index (χ4n) is 6.87. The highest BCUT2D eigenvalue weighted by atomic mass is 15.2. The zero-order valence-electron chi connectivity index (χ0n) is 19.2. The minimum Gasteiger partial charge on any atom is -0.308 e. The number of benzene rings is 3. The molecule has 0 unspecified atom stereocenters. The molecule has 0 spiro atoms. The van der Waals surface area contributed by atoms with Gasteiger partial charge in [0.25, 0.3) is 0 Å². The smallest absolute Gasteiger partial charge is 0.0716 e. The van der Waals surface area contributed by atoms with Crippen molar-refractivity contribution in [2.75, 3.05) is 4.90 Å². The first-order valence-corrected chi connectivity index (χ1v) is 12.4. The van der Waals surface area contributed by atoms with Gasteiger partial charge in [0.15, 0.2) is 0 Å². The third-order valence-corrected chi connectivity index (χ3v) is 8.40. The van der Waals surface area contributed by atoms with Crippen molar-refractivity contribution < 1.29 is 0 Å². The van der Waals surface area contributed by atoms with Gasteiger partial charge in [-0.05, 0) is 105 Å². The number of nitrogens with zero attached hydrogens (tertiary/aromatic N) is 3. The lowest BCUT2D eigenvalue weighted by Crippen LogP contribution is -2.25. The number of pyridine rings is 2. The predicted molar refractivity (Wildman–Crippen MR) is 139 cm³/mol. The number of hydrogen-bond acceptors (Lipinski definition) is 3. The van der Waals surface area contributed by atoms with E-state index < -0.39 is 0 Å². The van der Waals surface area contributed by atoms with Crippen LogP contribution in [0.25, 0.3) is 22.3 Å². The van der Waals surface area contributed by atoms with E-state index in [-0.39, 0.29) is 0 Å². The molecule has 5 aromatic rings. The molecule has 0 N–H and O–H groups in total. The van der Waals surface area contributed by atoms with Gasteiger partial charge in [-0.1, -0.05) is 24.3 Å². The second kappa shape index (κ2) is 6.25. The zero-order valence-corrected chi connectivity index (χ0v) is 19.2. The van der Waals surface area contributed by atoms with Gasteiger partial charge in [0, 0.05) is 37.0 Å². The largest absolute Gasteiger partial charge is 0.308 e. The van der Waals surface area contributed by atoms with Gasteiger partial charge in [0.05, 0.1) is 22.8 Å². The second-order valence-corrected chi connectivity index (χ2v) is 10.3. The molecule has 2 aliphatic heterocycles. The molecule has 0 amide bonds. The van der Waals surface area contributed by atoms with E-state index in [4.69, 9.17) is 4.98 Å². The molecular formula is C32H21N3. The lowest BCUT2D eigenvalue weighted by atomic mass is 9.88. The van der Waals surface area contributed by atoms with Crippen LogP contribution in [-0.2, 0) is 25.7 Å². The Morgan fingerprint density at radius 1 is 0.543 bits per heavy atom. The van der Waals surface area contributed by atoms with Gasteiger partial charge in [0.2, 0.25) is 0 Å². The quantitative estimate of drug-likeness (QED) is 0.253. The maximum Gasteiger partial charge on any atom is 0.0716 e. The SMILES string of the molecule is c1ccc2c(c1)Cc1cc3c(cc1-2)Cc1cc2c(cc1-3)Cc1ccnc3c1N2c1ccncc1C3. The highest BCUT2D eigenvalue weighted by molar-refractivity contribution is 5.92. The van der Waals surface area contributed by atoms with Crippen LogP contribution in [0, 0.1) is 0 Å². The first-order valence-electron chi connectivity index (χ1n) is 12.4. The number of anilines is 3. The number of hydrogen-bond donors (Lipinski definition) is 0. The van der Waals surface area contributed by atoms with E-state index in [9.17, 15) is 0 Å². The van der Waals surface area contributed by atoms with E-state index in [0.717, 1.165) is 31.4 Å². The fraction of sp³-hybridized carbons (Fsp3) is 0.125. The van der Waals surface area contributed by atoms with Crippen molar-refractivity contribution in [1.82, 2.24) is 9.97 Å². The molecular weight excluding hydrogens is 426 g/mol. The molecule has 0 saturated carbocycles. The molecule has 35 heavy (non-hydrogen) atoms. The summed E-state index contributed by atoms with van der Waals surface area (Å²) in [5.74, 6) is 0. The van der Waals surface area contributed by atoms with Crippen LogP contribution < -0.4 is 4.90 Å². The Balaban J connectivity index is 1.23. The summed E-state index contributed by atoms with van der Waals surface area (Å²) in [7, 11) is 0. The highest BCUT2D eigenvalue weighted by Gasteiger charge is 2.34. The van der Waals surface area contributed by atoms with Gasteiger partial charge in [0.1, 0.15) is 0 Å². The summed E-state index contributed by atoms with van der Waals surface area (Å²) >= 11 is 0. The average molecular weight is 448 g/mol. The van der Waals surface area contributed by atoms with Crippen molar-refractivity contribution in [3.05, 3.63) is 124 Å². The maximum atomic E-state index is 4.77. The molecule has 0 fully saturated rings. The standard InChI is InChI=1S/C32H21N3/c1-2-4-25-18(3-1)9-20-13-27-21(12-26(20)25)11-22-16-31-23(14-28(22)27)10-19-5-8-34-29-15-24-17-33-7-6-30(24)35(31)32(19)29/h1-8,12-14,16-17H,9-11,15H2. The lowest BCUT2D eigenvalue weighted by Gasteiger charge is -2.38. The molecule has 4 aliphatic rings. The van der Waals surface area contributed by atoms with Crippen LogP contribution in [0.5, 0.6) is 0 Å².